The molecule has 2 N–H and O–H groups in total. The number of aliphatic carboxylic acids is 1. The summed E-state index contributed by atoms with van der Waals surface area (Å²) >= 11 is 0. The molecule has 0 aliphatic heterocycles. The fourth-order valence-corrected chi connectivity index (χ4v) is 1.56. The van der Waals surface area contributed by atoms with Gasteiger partial charge in [-0.25, -0.2) is 0 Å². The number of nitrogens with one attached hydrogen (secondary N) is 1. The quantitative estimate of drug-likeness (QED) is 0.777. The van der Waals surface area contributed by atoms with Crippen molar-refractivity contribution in [2.75, 3.05) is 13.7 Å². The summed E-state index contributed by atoms with van der Waals surface area (Å²) in [6.07, 6.45) is 3.63. The first-order valence-electron chi connectivity index (χ1n) is 6.02. The topological polar surface area (TPSA) is 88.5 Å². The van der Waals surface area contributed by atoms with E-state index in [-0.39, 0.29) is 18.2 Å². The van der Waals surface area contributed by atoms with Gasteiger partial charge in [-0.05, 0) is 18.4 Å². The van der Waals surface area contributed by atoms with Crippen LogP contribution < -0.4 is 10.1 Å². The van der Waals surface area contributed by atoms with Gasteiger partial charge in [0.05, 0.1) is 18.9 Å². The van der Waals surface area contributed by atoms with E-state index in [1.165, 1.54) is 19.5 Å². The molecule has 0 saturated heterocycles. The molecule has 0 fully saturated rings. The SMILES string of the molecule is COc1cnccc1C(=O)NCC(C)CCC(=O)O. The molecule has 0 saturated carbocycles. The summed E-state index contributed by atoms with van der Waals surface area (Å²) in [6, 6.07) is 1.58. The molecule has 1 aromatic rings. The minimum absolute atomic E-state index is 0.105. The number of aromatic nitrogens is 1. The highest BCUT2D eigenvalue weighted by atomic mass is 16.5. The summed E-state index contributed by atoms with van der Waals surface area (Å²) in [7, 11) is 1.48. The fourth-order valence-electron chi connectivity index (χ4n) is 1.56. The van der Waals surface area contributed by atoms with Crippen LogP contribution in [0.5, 0.6) is 5.75 Å². The fraction of sp³-hybridized carbons (Fsp3) is 0.462. The van der Waals surface area contributed by atoms with Gasteiger partial charge in [-0.3, -0.25) is 14.6 Å². The van der Waals surface area contributed by atoms with Gasteiger partial charge in [0.15, 0.2) is 0 Å². The van der Waals surface area contributed by atoms with E-state index in [2.05, 4.69) is 10.3 Å². The van der Waals surface area contributed by atoms with Gasteiger partial charge in [-0.1, -0.05) is 6.92 Å². The van der Waals surface area contributed by atoms with Crippen molar-refractivity contribution in [3.63, 3.8) is 0 Å². The van der Waals surface area contributed by atoms with E-state index in [9.17, 15) is 9.59 Å². The van der Waals surface area contributed by atoms with Crippen molar-refractivity contribution in [3.8, 4) is 5.75 Å². The van der Waals surface area contributed by atoms with Crippen LogP contribution in [0.3, 0.4) is 0 Å². The third kappa shape index (κ3) is 4.95. The molecular weight excluding hydrogens is 248 g/mol. The number of pyridine rings is 1. The highest BCUT2D eigenvalue weighted by Crippen LogP contribution is 2.15. The normalized spacial score (nSPS) is 11.7. The molecule has 0 aliphatic rings. The maximum atomic E-state index is 11.9. The summed E-state index contributed by atoms with van der Waals surface area (Å²) < 4.78 is 5.05. The van der Waals surface area contributed by atoms with Crippen LogP contribution in [0.15, 0.2) is 18.5 Å². The maximum Gasteiger partial charge on any atom is 0.303 e. The number of amides is 1. The molecular formula is C13H18N2O4. The first kappa shape index (κ1) is 14.9. The Labute approximate surface area is 111 Å². The number of hydrogen-bond donors (Lipinski definition) is 2. The van der Waals surface area contributed by atoms with E-state index < -0.39 is 5.97 Å². The number of carboxylic acids is 1. The molecule has 1 atom stereocenters. The van der Waals surface area contributed by atoms with Gasteiger partial charge in [-0.15, -0.1) is 0 Å². The predicted octanol–water partition coefficient (Wildman–Crippen LogP) is 1.32. The second kappa shape index (κ2) is 7.35. The maximum absolute atomic E-state index is 11.9. The Bertz CT molecular complexity index is 448. The first-order valence-corrected chi connectivity index (χ1v) is 6.02. The number of nitrogens with zero attached hydrogens (tertiary/aromatic N) is 1. The number of rotatable bonds is 7. The Morgan fingerprint density at radius 2 is 2.26 bits per heavy atom. The Balaban J connectivity index is 2.49. The van der Waals surface area contributed by atoms with Crippen LogP contribution in [0, 0.1) is 5.92 Å². The largest absolute Gasteiger partial charge is 0.494 e. The minimum atomic E-state index is -0.825. The smallest absolute Gasteiger partial charge is 0.303 e. The molecule has 1 unspecified atom stereocenters. The zero-order valence-corrected chi connectivity index (χ0v) is 11.0. The monoisotopic (exact) mass is 266 g/mol. The van der Waals surface area contributed by atoms with E-state index in [1.807, 2.05) is 6.92 Å². The van der Waals surface area contributed by atoms with Crippen molar-refractivity contribution in [2.45, 2.75) is 19.8 Å². The summed E-state index contributed by atoms with van der Waals surface area (Å²) in [6.45, 7) is 2.32. The van der Waals surface area contributed by atoms with Crippen LogP contribution in [-0.4, -0.2) is 35.6 Å². The lowest BCUT2D eigenvalue weighted by atomic mass is 10.1. The van der Waals surface area contributed by atoms with Gasteiger partial charge in [0.25, 0.3) is 5.91 Å². The van der Waals surface area contributed by atoms with Crippen molar-refractivity contribution >= 4 is 11.9 Å². The zero-order chi connectivity index (χ0) is 14.3. The van der Waals surface area contributed by atoms with Crippen LogP contribution >= 0.6 is 0 Å². The summed E-state index contributed by atoms with van der Waals surface area (Å²) in [4.78, 5) is 26.2. The number of methoxy groups -OCH3 is 1. The average Bonchev–Trinajstić information content (AvgIpc) is 2.42. The lowest BCUT2D eigenvalue weighted by Crippen LogP contribution is -2.28. The summed E-state index contributed by atoms with van der Waals surface area (Å²) in [5.41, 5.74) is 0.419. The highest BCUT2D eigenvalue weighted by molar-refractivity contribution is 5.96. The molecule has 6 heteroatoms. The average molecular weight is 266 g/mol. The highest BCUT2D eigenvalue weighted by Gasteiger charge is 2.13. The Morgan fingerprint density at radius 3 is 2.89 bits per heavy atom. The molecule has 0 radical (unpaired) electrons. The standard InChI is InChI=1S/C13H18N2O4/c1-9(3-4-12(16)17)7-15-13(18)10-5-6-14-8-11(10)19-2/h5-6,8-9H,3-4,7H2,1-2H3,(H,15,18)(H,16,17). The van der Waals surface area contributed by atoms with Crippen molar-refractivity contribution in [1.82, 2.24) is 10.3 Å². The molecule has 1 aromatic heterocycles. The van der Waals surface area contributed by atoms with Crippen molar-refractivity contribution in [2.24, 2.45) is 5.92 Å². The number of carbonyl (C=O) groups is 2. The molecule has 1 heterocycles. The Hall–Kier alpha value is -2.11. The molecule has 6 nitrogen and oxygen atoms in total. The van der Waals surface area contributed by atoms with Crippen LogP contribution in [0.2, 0.25) is 0 Å². The zero-order valence-electron chi connectivity index (χ0n) is 11.0. The van der Waals surface area contributed by atoms with Crippen LogP contribution in [0.25, 0.3) is 0 Å². The molecule has 0 aromatic carbocycles. The lowest BCUT2D eigenvalue weighted by Gasteiger charge is -2.12. The van der Waals surface area contributed by atoms with E-state index in [0.29, 0.717) is 24.3 Å². The predicted molar refractivity (Wildman–Crippen MR) is 69.2 cm³/mol. The number of carbonyl (C=O) groups excluding carboxylic acids is 1. The van der Waals surface area contributed by atoms with E-state index >= 15 is 0 Å². The van der Waals surface area contributed by atoms with Crippen molar-refractivity contribution in [1.29, 1.82) is 0 Å². The second-order valence-corrected chi connectivity index (χ2v) is 4.32. The van der Waals surface area contributed by atoms with Gasteiger partial charge in [0, 0.05) is 19.2 Å². The molecule has 1 rings (SSSR count). The molecule has 0 bridgehead atoms. The molecule has 0 aliphatic carbocycles. The van der Waals surface area contributed by atoms with Crippen molar-refractivity contribution in [3.05, 3.63) is 24.0 Å². The molecule has 1 amide bonds. The van der Waals surface area contributed by atoms with Gasteiger partial charge < -0.3 is 15.2 Å². The third-order valence-corrected chi connectivity index (χ3v) is 2.71. The molecule has 104 valence electrons. The van der Waals surface area contributed by atoms with Gasteiger partial charge in [0.1, 0.15) is 5.75 Å². The molecule has 0 spiro atoms. The van der Waals surface area contributed by atoms with Crippen LogP contribution in [0.1, 0.15) is 30.1 Å². The lowest BCUT2D eigenvalue weighted by molar-refractivity contribution is -0.137. The van der Waals surface area contributed by atoms with Gasteiger partial charge in [-0.2, -0.15) is 0 Å². The number of hydrogen-bond acceptors (Lipinski definition) is 4. The van der Waals surface area contributed by atoms with Gasteiger partial charge in [0.2, 0.25) is 0 Å². The minimum Gasteiger partial charge on any atom is -0.494 e. The van der Waals surface area contributed by atoms with Crippen molar-refractivity contribution < 1.29 is 19.4 Å². The van der Waals surface area contributed by atoms with Gasteiger partial charge >= 0.3 is 5.97 Å². The summed E-state index contributed by atoms with van der Waals surface area (Å²) in [5.74, 6) is -0.554. The number of ether oxygens (including phenoxy) is 1. The third-order valence-electron chi connectivity index (χ3n) is 2.71. The number of carboxylic acid groups (broad SMARTS) is 1. The van der Waals surface area contributed by atoms with E-state index in [4.69, 9.17) is 9.84 Å². The Kier molecular flexibility index (Phi) is 5.78. The summed E-state index contributed by atoms with van der Waals surface area (Å²) in [5, 5.41) is 11.3. The van der Waals surface area contributed by atoms with Crippen LogP contribution in [-0.2, 0) is 4.79 Å². The first-order chi connectivity index (χ1) is 9.04. The Morgan fingerprint density at radius 1 is 1.53 bits per heavy atom. The van der Waals surface area contributed by atoms with Crippen LogP contribution in [0.4, 0.5) is 0 Å². The van der Waals surface area contributed by atoms with E-state index in [0.717, 1.165) is 0 Å². The molecule has 19 heavy (non-hydrogen) atoms. The second-order valence-electron chi connectivity index (χ2n) is 4.32. The van der Waals surface area contributed by atoms with E-state index in [1.54, 1.807) is 6.07 Å².